The summed E-state index contributed by atoms with van der Waals surface area (Å²) in [5.41, 5.74) is 1.94. The van der Waals surface area contributed by atoms with Crippen LogP contribution in [0.25, 0.3) is 11.3 Å². The van der Waals surface area contributed by atoms with Crippen molar-refractivity contribution in [2.24, 2.45) is 5.92 Å². The summed E-state index contributed by atoms with van der Waals surface area (Å²) in [4.78, 5) is 14.8. The quantitative estimate of drug-likeness (QED) is 0.628. The van der Waals surface area contributed by atoms with Gasteiger partial charge in [-0.3, -0.25) is 9.69 Å². The average Bonchev–Trinajstić information content (AvgIpc) is 3.29. The lowest BCUT2D eigenvalue weighted by Crippen LogP contribution is -2.38. The van der Waals surface area contributed by atoms with Crippen molar-refractivity contribution in [2.75, 3.05) is 19.6 Å². The van der Waals surface area contributed by atoms with Crippen LogP contribution in [-0.4, -0.2) is 35.6 Å². The molecule has 0 radical (unpaired) electrons. The summed E-state index contributed by atoms with van der Waals surface area (Å²) < 4.78 is 32.0. The Kier molecular flexibility index (Phi) is 6.57. The van der Waals surface area contributed by atoms with Gasteiger partial charge in [-0.1, -0.05) is 17.3 Å². The number of likely N-dealkylation sites (tertiary alicyclic amines) is 1. The molecule has 2 aromatic carbocycles. The third-order valence-electron chi connectivity index (χ3n) is 5.69. The van der Waals surface area contributed by atoms with Gasteiger partial charge in [-0.25, -0.2) is 8.78 Å². The molecular formula is C24H22F2N4O2. The Balaban J connectivity index is 1.24. The Labute approximate surface area is 184 Å². The van der Waals surface area contributed by atoms with Gasteiger partial charge in [0, 0.05) is 25.2 Å². The first kappa shape index (κ1) is 21.7. The minimum Gasteiger partial charge on any atom is -0.355 e. The Bertz CT molecular complexity index is 1130. The summed E-state index contributed by atoms with van der Waals surface area (Å²) in [6.45, 7) is 3.22. The number of carbonyl (C=O) groups excluding carboxylic acids is 1. The molecule has 0 atom stereocenters. The van der Waals surface area contributed by atoms with Gasteiger partial charge in [0.05, 0.1) is 17.2 Å². The second-order valence-corrected chi connectivity index (χ2v) is 7.94. The predicted octanol–water partition coefficient (Wildman–Crippen LogP) is 4.13. The standard InChI is InChI=1S/C24H22F2N4O2/c25-19-5-6-20(21(26)11-19)23-12-22(29-32-23)24(31)28-14-17-7-9-30(10-8-17)15-18-3-1-16(13-27)2-4-18/h1-6,11-12,17H,7-10,14-15H2,(H,28,31). The second-order valence-electron chi connectivity index (χ2n) is 7.94. The van der Waals surface area contributed by atoms with Crippen molar-refractivity contribution in [2.45, 2.75) is 19.4 Å². The van der Waals surface area contributed by atoms with Crippen molar-refractivity contribution >= 4 is 5.91 Å². The van der Waals surface area contributed by atoms with Crippen LogP contribution in [0, 0.1) is 28.9 Å². The Morgan fingerprint density at radius 2 is 1.91 bits per heavy atom. The van der Waals surface area contributed by atoms with E-state index in [0.29, 0.717) is 18.0 Å². The van der Waals surface area contributed by atoms with E-state index in [2.05, 4.69) is 21.4 Å². The van der Waals surface area contributed by atoms with Crippen molar-refractivity contribution in [3.8, 4) is 17.4 Å². The number of amides is 1. The fourth-order valence-electron chi connectivity index (χ4n) is 3.82. The SMILES string of the molecule is N#Cc1ccc(CN2CCC(CNC(=O)c3cc(-c4ccc(F)cc4F)on3)CC2)cc1. The number of halogens is 2. The summed E-state index contributed by atoms with van der Waals surface area (Å²) in [7, 11) is 0. The van der Waals surface area contributed by atoms with E-state index in [-0.39, 0.29) is 22.9 Å². The maximum atomic E-state index is 13.9. The van der Waals surface area contributed by atoms with Crippen LogP contribution in [0.2, 0.25) is 0 Å². The molecule has 32 heavy (non-hydrogen) atoms. The maximum Gasteiger partial charge on any atom is 0.273 e. The van der Waals surface area contributed by atoms with Crippen LogP contribution in [0.15, 0.2) is 53.1 Å². The molecule has 1 aliphatic heterocycles. The number of carbonyl (C=O) groups is 1. The monoisotopic (exact) mass is 436 g/mol. The normalized spacial score (nSPS) is 14.8. The number of rotatable bonds is 6. The summed E-state index contributed by atoms with van der Waals surface area (Å²) in [6, 6.07) is 14.2. The number of piperidine rings is 1. The van der Waals surface area contributed by atoms with E-state index in [9.17, 15) is 13.6 Å². The molecule has 1 aliphatic rings. The summed E-state index contributed by atoms with van der Waals surface area (Å²) in [5, 5.41) is 15.5. The van der Waals surface area contributed by atoms with E-state index >= 15 is 0 Å². The molecule has 0 bridgehead atoms. The molecule has 1 N–H and O–H groups in total. The third kappa shape index (κ3) is 5.18. The summed E-state index contributed by atoms with van der Waals surface area (Å²) >= 11 is 0. The van der Waals surface area contributed by atoms with Crippen LogP contribution in [0.4, 0.5) is 8.78 Å². The Morgan fingerprint density at radius 1 is 1.16 bits per heavy atom. The number of hydrogen-bond acceptors (Lipinski definition) is 5. The van der Waals surface area contributed by atoms with E-state index in [1.54, 1.807) is 0 Å². The molecule has 1 fully saturated rings. The highest BCUT2D eigenvalue weighted by atomic mass is 19.1. The van der Waals surface area contributed by atoms with Crippen LogP contribution in [0.1, 0.15) is 34.5 Å². The molecule has 164 valence electrons. The van der Waals surface area contributed by atoms with Crippen molar-refractivity contribution in [3.05, 3.63) is 77.0 Å². The van der Waals surface area contributed by atoms with Gasteiger partial charge in [-0.15, -0.1) is 0 Å². The topological polar surface area (TPSA) is 82.2 Å². The molecule has 4 rings (SSSR count). The first-order chi connectivity index (χ1) is 15.5. The fourth-order valence-corrected chi connectivity index (χ4v) is 3.82. The fraction of sp³-hybridized carbons (Fsp3) is 0.292. The molecule has 0 aliphatic carbocycles. The molecule has 0 spiro atoms. The van der Waals surface area contributed by atoms with Crippen molar-refractivity contribution in [1.29, 1.82) is 5.26 Å². The largest absolute Gasteiger partial charge is 0.355 e. The lowest BCUT2D eigenvalue weighted by molar-refractivity contribution is 0.0926. The number of aromatic nitrogens is 1. The van der Waals surface area contributed by atoms with Gasteiger partial charge in [-0.05, 0) is 61.7 Å². The molecule has 0 unspecified atom stereocenters. The molecule has 1 aromatic heterocycles. The van der Waals surface area contributed by atoms with Crippen LogP contribution in [0.5, 0.6) is 0 Å². The first-order valence-electron chi connectivity index (χ1n) is 10.4. The second kappa shape index (κ2) is 9.71. The maximum absolute atomic E-state index is 13.9. The van der Waals surface area contributed by atoms with Gasteiger partial charge in [0.25, 0.3) is 5.91 Å². The summed E-state index contributed by atoms with van der Waals surface area (Å²) in [5.74, 6) is -1.42. The number of benzene rings is 2. The molecule has 1 amide bonds. The molecule has 6 nitrogen and oxygen atoms in total. The van der Waals surface area contributed by atoms with Gasteiger partial charge < -0.3 is 9.84 Å². The number of nitriles is 1. The number of hydrogen-bond donors (Lipinski definition) is 1. The minimum absolute atomic E-state index is 0.0487. The zero-order chi connectivity index (χ0) is 22.5. The Hall–Kier alpha value is -3.57. The van der Waals surface area contributed by atoms with Crippen LogP contribution < -0.4 is 5.32 Å². The highest BCUT2D eigenvalue weighted by molar-refractivity contribution is 5.93. The van der Waals surface area contributed by atoms with Crippen LogP contribution in [0.3, 0.4) is 0 Å². The Morgan fingerprint density at radius 3 is 2.59 bits per heavy atom. The molecule has 2 heterocycles. The van der Waals surface area contributed by atoms with Crippen molar-refractivity contribution < 1.29 is 18.1 Å². The van der Waals surface area contributed by atoms with Gasteiger partial charge in [0.2, 0.25) is 0 Å². The zero-order valence-corrected chi connectivity index (χ0v) is 17.4. The van der Waals surface area contributed by atoms with Crippen LogP contribution in [-0.2, 0) is 6.54 Å². The molecule has 3 aromatic rings. The minimum atomic E-state index is -0.777. The average molecular weight is 436 g/mol. The molecule has 8 heteroatoms. The van der Waals surface area contributed by atoms with Gasteiger partial charge in [0.1, 0.15) is 11.6 Å². The van der Waals surface area contributed by atoms with E-state index in [1.807, 2.05) is 24.3 Å². The first-order valence-corrected chi connectivity index (χ1v) is 10.4. The highest BCUT2D eigenvalue weighted by Crippen LogP contribution is 2.24. The van der Waals surface area contributed by atoms with E-state index in [0.717, 1.165) is 44.6 Å². The van der Waals surface area contributed by atoms with Gasteiger partial charge in [-0.2, -0.15) is 5.26 Å². The van der Waals surface area contributed by atoms with Crippen molar-refractivity contribution in [3.63, 3.8) is 0 Å². The molecular weight excluding hydrogens is 414 g/mol. The lowest BCUT2D eigenvalue weighted by atomic mass is 9.96. The van der Waals surface area contributed by atoms with Gasteiger partial charge >= 0.3 is 0 Å². The zero-order valence-electron chi connectivity index (χ0n) is 17.4. The van der Waals surface area contributed by atoms with E-state index in [4.69, 9.17) is 9.78 Å². The van der Waals surface area contributed by atoms with E-state index in [1.165, 1.54) is 17.7 Å². The third-order valence-corrected chi connectivity index (χ3v) is 5.69. The van der Waals surface area contributed by atoms with Gasteiger partial charge in [0.15, 0.2) is 11.5 Å². The van der Waals surface area contributed by atoms with E-state index < -0.39 is 11.6 Å². The summed E-state index contributed by atoms with van der Waals surface area (Å²) in [6.07, 6.45) is 1.92. The predicted molar refractivity (Wildman–Crippen MR) is 113 cm³/mol. The number of nitrogens with zero attached hydrogens (tertiary/aromatic N) is 3. The highest BCUT2D eigenvalue weighted by Gasteiger charge is 2.21. The smallest absolute Gasteiger partial charge is 0.273 e. The number of nitrogens with one attached hydrogen (secondary N) is 1. The molecule has 1 saturated heterocycles. The molecule has 0 saturated carbocycles. The van der Waals surface area contributed by atoms with Crippen LogP contribution >= 0.6 is 0 Å². The van der Waals surface area contributed by atoms with Crippen molar-refractivity contribution in [1.82, 2.24) is 15.4 Å². The lowest BCUT2D eigenvalue weighted by Gasteiger charge is -2.32.